The molecule has 0 atom stereocenters. The number of rotatable bonds is 6. The molecule has 0 saturated heterocycles. The van der Waals surface area contributed by atoms with Crippen LogP contribution in [0.3, 0.4) is 0 Å². The van der Waals surface area contributed by atoms with Crippen LogP contribution in [0.1, 0.15) is 21.6 Å². The molecular weight excluding hydrogens is 384 g/mol. The van der Waals surface area contributed by atoms with E-state index in [9.17, 15) is 4.79 Å². The van der Waals surface area contributed by atoms with Crippen molar-refractivity contribution in [1.82, 2.24) is 10.2 Å². The molecule has 0 aliphatic heterocycles. The second-order valence-electron chi connectivity index (χ2n) is 6.82. The molecule has 0 radical (unpaired) electrons. The first kappa shape index (κ1) is 19.6. The average molecular weight is 406 g/mol. The Kier molecular flexibility index (Phi) is 5.18. The Balaban J connectivity index is 1.62. The maximum absolute atomic E-state index is 12.9. The Labute approximate surface area is 174 Å². The number of ketones is 1. The zero-order valence-electron chi connectivity index (χ0n) is 17.2. The maximum atomic E-state index is 12.9. The number of allylic oxidation sites excluding steroid dienone is 1. The van der Waals surface area contributed by atoms with E-state index in [4.69, 9.17) is 18.9 Å². The molecule has 0 fully saturated rings. The molecule has 0 amide bonds. The van der Waals surface area contributed by atoms with Crippen molar-refractivity contribution in [2.75, 3.05) is 28.4 Å². The summed E-state index contributed by atoms with van der Waals surface area (Å²) in [7, 11) is 6.33. The monoisotopic (exact) mass is 406 g/mol. The number of nitrogens with zero attached hydrogens (tertiary/aromatic N) is 1. The van der Waals surface area contributed by atoms with Crippen LogP contribution in [0.5, 0.6) is 23.0 Å². The minimum atomic E-state index is -0.0202. The number of hydrogen-bond donors (Lipinski definition) is 1. The van der Waals surface area contributed by atoms with E-state index < -0.39 is 0 Å². The van der Waals surface area contributed by atoms with Gasteiger partial charge in [-0.1, -0.05) is 0 Å². The van der Waals surface area contributed by atoms with E-state index in [0.29, 0.717) is 40.6 Å². The van der Waals surface area contributed by atoms with Gasteiger partial charge in [-0.2, -0.15) is 5.10 Å². The van der Waals surface area contributed by atoms with Gasteiger partial charge in [0.2, 0.25) is 0 Å². The van der Waals surface area contributed by atoms with Gasteiger partial charge in [0.25, 0.3) is 0 Å². The van der Waals surface area contributed by atoms with Crippen LogP contribution in [-0.2, 0) is 6.42 Å². The van der Waals surface area contributed by atoms with E-state index in [0.717, 1.165) is 22.5 Å². The fourth-order valence-electron chi connectivity index (χ4n) is 3.60. The molecule has 0 bridgehead atoms. The van der Waals surface area contributed by atoms with Gasteiger partial charge in [0.15, 0.2) is 28.8 Å². The summed E-state index contributed by atoms with van der Waals surface area (Å²) in [5.74, 6) is 2.42. The smallest absolute Gasteiger partial charge is 0.189 e. The molecule has 0 unspecified atom stereocenters. The number of H-pyrrole nitrogens is 1. The fourth-order valence-corrected chi connectivity index (χ4v) is 3.60. The van der Waals surface area contributed by atoms with Crippen LogP contribution in [0.2, 0.25) is 0 Å². The van der Waals surface area contributed by atoms with Crippen LogP contribution in [0.4, 0.5) is 0 Å². The Morgan fingerprint density at radius 1 is 0.867 bits per heavy atom. The van der Waals surface area contributed by atoms with E-state index >= 15 is 0 Å². The molecule has 30 heavy (non-hydrogen) atoms. The number of fused-ring (bicyclic) bond motifs is 1. The van der Waals surface area contributed by atoms with E-state index in [2.05, 4.69) is 10.2 Å². The van der Waals surface area contributed by atoms with E-state index in [1.165, 1.54) is 0 Å². The fraction of sp³-hybridized carbons (Fsp3) is 0.217. The highest BCUT2D eigenvalue weighted by molar-refractivity contribution is 6.15. The van der Waals surface area contributed by atoms with Crippen LogP contribution in [0.25, 0.3) is 17.3 Å². The summed E-state index contributed by atoms with van der Waals surface area (Å²) in [4.78, 5) is 12.9. The molecular formula is C23H22N2O5. The summed E-state index contributed by atoms with van der Waals surface area (Å²) in [5, 5.41) is 7.36. The van der Waals surface area contributed by atoms with Crippen molar-refractivity contribution in [3.63, 3.8) is 0 Å². The molecule has 1 aromatic heterocycles. The number of aromatic amines is 1. The Morgan fingerprint density at radius 3 is 2.23 bits per heavy atom. The first-order chi connectivity index (χ1) is 14.6. The number of ether oxygens (including phenoxy) is 4. The third-order valence-electron chi connectivity index (χ3n) is 5.13. The van der Waals surface area contributed by atoms with Gasteiger partial charge in [0, 0.05) is 23.1 Å². The Hall–Kier alpha value is -3.74. The summed E-state index contributed by atoms with van der Waals surface area (Å²) in [5.41, 5.74) is 4.61. The Bertz CT molecular complexity index is 1150. The first-order valence-electron chi connectivity index (χ1n) is 9.36. The summed E-state index contributed by atoms with van der Waals surface area (Å²) in [6.45, 7) is 0. The Morgan fingerprint density at radius 2 is 1.53 bits per heavy atom. The predicted octanol–water partition coefficient (Wildman–Crippen LogP) is 3.93. The van der Waals surface area contributed by atoms with Gasteiger partial charge in [-0.3, -0.25) is 9.89 Å². The second kappa shape index (κ2) is 7.94. The van der Waals surface area contributed by atoms with Crippen molar-refractivity contribution in [2.24, 2.45) is 0 Å². The number of aromatic nitrogens is 2. The highest BCUT2D eigenvalue weighted by atomic mass is 16.5. The van der Waals surface area contributed by atoms with Gasteiger partial charge in [0.1, 0.15) is 0 Å². The lowest BCUT2D eigenvalue weighted by Gasteiger charge is -2.08. The maximum Gasteiger partial charge on any atom is 0.189 e. The number of hydrogen-bond acceptors (Lipinski definition) is 6. The molecule has 154 valence electrons. The molecule has 7 nitrogen and oxygen atoms in total. The van der Waals surface area contributed by atoms with Crippen molar-refractivity contribution in [3.05, 3.63) is 58.8 Å². The number of Topliss-reactive ketones (excluding diaryl/α,β-unsaturated/α-hetero) is 1. The van der Waals surface area contributed by atoms with Crippen molar-refractivity contribution in [3.8, 4) is 34.3 Å². The zero-order chi connectivity index (χ0) is 21.3. The van der Waals surface area contributed by atoms with E-state index in [-0.39, 0.29) is 5.78 Å². The van der Waals surface area contributed by atoms with Crippen molar-refractivity contribution < 1.29 is 23.7 Å². The van der Waals surface area contributed by atoms with Crippen molar-refractivity contribution in [1.29, 1.82) is 0 Å². The summed E-state index contributed by atoms with van der Waals surface area (Å²) in [6.07, 6.45) is 2.36. The highest BCUT2D eigenvalue weighted by Crippen LogP contribution is 2.37. The molecule has 0 saturated carbocycles. The highest BCUT2D eigenvalue weighted by Gasteiger charge is 2.27. The number of nitrogens with one attached hydrogen (secondary N) is 1. The molecule has 1 aliphatic carbocycles. The van der Waals surface area contributed by atoms with Crippen LogP contribution < -0.4 is 18.9 Å². The minimum absolute atomic E-state index is 0.0202. The number of benzene rings is 2. The molecule has 2 aromatic carbocycles. The van der Waals surface area contributed by atoms with Gasteiger partial charge in [-0.05, 0) is 48.0 Å². The summed E-state index contributed by atoms with van der Waals surface area (Å²) >= 11 is 0. The standard InChI is InChI=1S/C23H22N2O5/c1-27-19-6-5-13(9-20(19)28-2)18-11-16(24-25-18)8-15-7-14-10-21(29-3)22(30-4)12-17(14)23(15)26/h5-6,8-12H,7H2,1-4H3,(H,24,25)/b15-8+. The molecule has 7 heteroatoms. The van der Waals surface area contributed by atoms with Crippen LogP contribution in [0, 0.1) is 0 Å². The first-order valence-corrected chi connectivity index (χ1v) is 9.36. The van der Waals surface area contributed by atoms with Gasteiger partial charge in [-0.15, -0.1) is 0 Å². The van der Waals surface area contributed by atoms with E-state index in [1.54, 1.807) is 34.5 Å². The molecule has 1 aliphatic rings. The second-order valence-corrected chi connectivity index (χ2v) is 6.82. The normalized spacial score (nSPS) is 14.0. The number of carbonyl (C=O) groups is 1. The molecule has 1 N–H and O–H groups in total. The minimum Gasteiger partial charge on any atom is -0.493 e. The summed E-state index contributed by atoms with van der Waals surface area (Å²) in [6, 6.07) is 11.1. The number of methoxy groups -OCH3 is 4. The molecule has 3 aromatic rings. The predicted molar refractivity (Wildman–Crippen MR) is 113 cm³/mol. The SMILES string of the molecule is COc1ccc(-c2cc(/C=C3\Cc4cc(OC)c(OC)cc4C3=O)[nH]n2)cc1OC. The van der Waals surface area contributed by atoms with Gasteiger partial charge < -0.3 is 18.9 Å². The summed E-state index contributed by atoms with van der Waals surface area (Å²) < 4.78 is 21.3. The molecule has 1 heterocycles. The van der Waals surface area contributed by atoms with Crippen LogP contribution in [0.15, 0.2) is 42.0 Å². The quantitative estimate of drug-likeness (QED) is 0.625. The van der Waals surface area contributed by atoms with Crippen LogP contribution in [-0.4, -0.2) is 44.4 Å². The van der Waals surface area contributed by atoms with Gasteiger partial charge >= 0.3 is 0 Å². The topological polar surface area (TPSA) is 82.7 Å². The largest absolute Gasteiger partial charge is 0.493 e. The van der Waals surface area contributed by atoms with Crippen molar-refractivity contribution >= 4 is 11.9 Å². The zero-order valence-corrected chi connectivity index (χ0v) is 17.2. The number of carbonyl (C=O) groups excluding carboxylic acids is 1. The molecule has 0 spiro atoms. The molecule has 4 rings (SSSR count). The van der Waals surface area contributed by atoms with Gasteiger partial charge in [0.05, 0.1) is 39.8 Å². The van der Waals surface area contributed by atoms with E-state index in [1.807, 2.05) is 36.4 Å². The lowest BCUT2D eigenvalue weighted by molar-refractivity contribution is 0.104. The van der Waals surface area contributed by atoms with Gasteiger partial charge in [-0.25, -0.2) is 0 Å². The lowest BCUT2D eigenvalue weighted by Crippen LogP contribution is -1.97. The van der Waals surface area contributed by atoms with Crippen LogP contribution >= 0.6 is 0 Å². The lowest BCUT2D eigenvalue weighted by atomic mass is 10.1. The average Bonchev–Trinajstić information content (AvgIpc) is 3.37. The third-order valence-corrected chi connectivity index (χ3v) is 5.13. The van der Waals surface area contributed by atoms with Crippen molar-refractivity contribution in [2.45, 2.75) is 6.42 Å². The third kappa shape index (κ3) is 3.39.